The molecule has 0 fully saturated rings. The zero-order valence-electron chi connectivity index (χ0n) is 24.8. The van der Waals surface area contributed by atoms with Crippen molar-refractivity contribution in [1.82, 2.24) is 0 Å². The molecule has 0 saturated heterocycles. The van der Waals surface area contributed by atoms with E-state index >= 15 is 0 Å². The highest BCUT2D eigenvalue weighted by atomic mass is 32.1. The molecule has 43 heavy (non-hydrogen) atoms. The maximum Gasteiger partial charge on any atom is 0.310 e. The molecule has 1 nitrogen and oxygen atoms in total. The van der Waals surface area contributed by atoms with E-state index in [9.17, 15) is 0 Å². The summed E-state index contributed by atoms with van der Waals surface area (Å²) >= 11 is 3.77. The van der Waals surface area contributed by atoms with Crippen molar-refractivity contribution in [1.29, 1.82) is 0 Å². The maximum atomic E-state index is 6.73. The van der Waals surface area contributed by atoms with Gasteiger partial charge in [-0.3, -0.25) is 0 Å². The van der Waals surface area contributed by atoms with E-state index in [-0.39, 0.29) is 10.8 Å². The van der Waals surface area contributed by atoms with Gasteiger partial charge in [-0.25, -0.2) is 0 Å². The summed E-state index contributed by atoms with van der Waals surface area (Å²) in [5, 5.41) is 10.4. The molecule has 1 atom stereocenters. The maximum absolute atomic E-state index is 6.73. The van der Waals surface area contributed by atoms with E-state index in [1.54, 1.807) is 0 Å². The number of rotatable bonds is 5. The third-order valence-electron chi connectivity index (χ3n) is 9.39. The van der Waals surface area contributed by atoms with Gasteiger partial charge in [0, 0.05) is 40.1 Å². The normalized spacial score (nSPS) is 12.9. The van der Waals surface area contributed by atoms with Crippen LogP contribution in [0.15, 0.2) is 103 Å². The van der Waals surface area contributed by atoms with Crippen molar-refractivity contribution in [3.63, 3.8) is 0 Å². The average molecular weight is 611 g/mol. The van der Waals surface area contributed by atoms with Crippen molar-refractivity contribution in [2.75, 3.05) is 0 Å². The zero-order valence-corrected chi connectivity index (χ0v) is 27.6. The molecule has 0 aliphatic carbocycles. The summed E-state index contributed by atoms with van der Waals surface area (Å²) in [4.78, 5) is 0. The molecule has 8 rings (SSSR count). The molecule has 0 aliphatic rings. The van der Waals surface area contributed by atoms with Crippen molar-refractivity contribution < 1.29 is 4.65 Å². The summed E-state index contributed by atoms with van der Waals surface area (Å²) in [6.45, 7) is 8.83. The lowest BCUT2D eigenvalue weighted by Gasteiger charge is -2.39. The Labute approximate surface area is 263 Å². The van der Waals surface area contributed by atoms with Gasteiger partial charge in [-0.1, -0.05) is 74.5 Å². The minimum absolute atomic E-state index is 0.0582. The standard InChI is InChI=1S/C38H32BOPS2/c1-37(2,38(3,4)41)40-39-36-27-12-8-7-11-26(27)21-34-35(36)30-19-25(14-16-32(30)43-34)24-13-15-31-28(18-24)29-17-22-9-5-6-10-23(22)20-33(29)42-31/h5-21,39H,41H2,1-4H3. The van der Waals surface area contributed by atoms with Gasteiger partial charge < -0.3 is 4.65 Å². The predicted octanol–water partition coefficient (Wildman–Crippen LogP) is 10.8. The van der Waals surface area contributed by atoms with Crippen LogP contribution in [0.4, 0.5) is 0 Å². The number of thiophene rings is 2. The molecule has 6 aromatic carbocycles. The van der Waals surface area contributed by atoms with Crippen molar-refractivity contribution in [2.45, 2.75) is 38.5 Å². The highest BCUT2D eigenvalue weighted by Crippen LogP contribution is 2.41. The lowest BCUT2D eigenvalue weighted by atomic mass is 9.78. The van der Waals surface area contributed by atoms with Crippen molar-refractivity contribution in [2.24, 2.45) is 0 Å². The molecule has 210 valence electrons. The van der Waals surface area contributed by atoms with Crippen LogP contribution in [0, 0.1) is 0 Å². The average Bonchev–Trinajstić information content (AvgIpc) is 3.54. The van der Waals surface area contributed by atoms with Gasteiger partial charge in [0.15, 0.2) is 0 Å². The van der Waals surface area contributed by atoms with Gasteiger partial charge in [0.2, 0.25) is 0 Å². The van der Waals surface area contributed by atoms with Crippen molar-refractivity contribution in [3.8, 4) is 11.1 Å². The van der Waals surface area contributed by atoms with Crippen molar-refractivity contribution >= 4 is 107 Å². The second-order valence-electron chi connectivity index (χ2n) is 12.8. The third-order valence-corrected chi connectivity index (χ3v) is 12.3. The van der Waals surface area contributed by atoms with Gasteiger partial charge in [-0.2, -0.15) is 0 Å². The van der Waals surface area contributed by atoms with Crippen molar-refractivity contribution in [3.05, 3.63) is 103 Å². The van der Waals surface area contributed by atoms with Crippen LogP contribution < -0.4 is 5.46 Å². The largest absolute Gasteiger partial charge is 0.429 e. The summed E-state index contributed by atoms with van der Waals surface area (Å²) < 4.78 is 12.0. The Kier molecular flexibility index (Phi) is 6.27. The van der Waals surface area contributed by atoms with E-state index < -0.39 is 0 Å². The Bertz CT molecular complexity index is 2370. The Balaban J connectivity index is 1.31. The van der Waals surface area contributed by atoms with Crippen LogP contribution in [0.25, 0.3) is 73.0 Å². The first-order valence-electron chi connectivity index (χ1n) is 14.8. The fourth-order valence-electron chi connectivity index (χ4n) is 6.11. The van der Waals surface area contributed by atoms with Crippen LogP contribution >= 0.6 is 31.9 Å². The zero-order chi connectivity index (χ0) is 29.5. The van der Waals surface area contributed by atoms with E-state index in [0.717, 1.165) is 0 Å². The molecular formula is C38H32BOPS2. The smallest absolute Gasteiger partial charge is 0.310 e. The molecule has 2 aromatic heterocycles. The number of hydrogen-bond acceptors (Lipinski definition) is 3. The minimum atomic E-state index is -0.304. The Morgan fingerprint density at radius 2 is 1.12 bits per heavy atom. The van der Waals surface area contributed by atoms with Crippen LogP contribution in [0.5, 0.6) is 0 Å². The quantitative estimate of drug-likeness (QED) is 0.139. The molecule has 0 spiro atoms. The summed E-state index contributed by atoms with van der Waals surface area (Å²) in [6.07, 6.45) is 0. The highest BCUT2D eigenvalue weighted by molar-refractivity contribution is 7.26. The summed E-state index contributed by atoms with van der Waals surface area (Å²) in [6, 6.07) is 38.5. The fourth-order valence-corrected chi connectivity index (χ4v) is 8.48. The summed E-state index contributed by atoms with van der Waals surface area (Å²) in [7, 11) is 3.54. The van der Waals surface area contributed by atoms with Crippen LogP contribution in [-0.4, -0.2) is 18.2 Å². The Morgan fingerprint density at radius 1 is 0.558 bits per heavy atom. The monoisotopic (exact) mass is 610 g/mol. The molecule has 0 amide bonds. The fraction of sp³-hybridized carbons (Fsp3) is 0.158. The van der Waals surface area contributed by atoms with E-state index in [1.165, 1.54) is 78.5 Å². The van der Waals surface area contributed by atoms with E-state index in [2.05, 4.69) is 140 Å². The molecule has 0 N–H and O–H groups in total. The van der Waals surface area contributed by atoms with Gasteiger partial charge in [0.25, 0.3) is 0 Å². The summed E-state index contributed by atoms with van der Waals surface area (Å²) in [5.41, 5.74) is 3.49. The van der Waals surface area contributed by atoms with Crippen LogP contribution in [0.2, 0.25) is 0 Å². The highest BCUT2D eigenvalue weighted by Gasteiger charge is 2.34. The number of benzene rings is 6. The van der Waals surface area contributed by atoms with Gasteiger partial charge in [-0.05, 0) is 99.8 Å². The molecular weight excluding hydrogens is 578 g/mol. The first-order valence-corrected chi connectivity index (χ1v) is 17.0. The molecule has 2 heterocycles. The molecule has 0 radical (unpaired) electrons. The van der Waals surface area contributed by atoms with Gasteiger partial charge >= 0.3 is 7.48 Å². The second kappa shape index (κ2) is 9.88. The summed E-state index contributed by atoms with van der Waals surface area (Å²) in [5.74, 6) is 0. The Morgan fingerprint density at radius 3 is 1.84 bits per heavy atom. The van der Waals surface area contributed by atoms with Crippen LogP contribution in [0.1, 0.15) is 27.7 Å². The number of fused-ring (bicyclic) bond motifs is 8. The van der Waals surface area contributed by atoms with E-state index in [0.29, 0.717) is 7.48 Å². The molecule has 5 heteroatoms. The van der Waals surface area contributed by atoms with Gasteiger partial charge in [0.1, 0.15) is 0 Å². The SMILES string of the molecule is CC(C)(P)C(C)(C)OBc1c2ccccc2cc2sc3ccc(-c4ccc5sc6cc7ccccc7cc6c5c4)cc3c12. The topological polar surface area (TPSA) is 9.23 Å². The lowest BCUT2D eigenvalue weighted by molar-refractivity contribution is 0.0842. The minimum Gasteiger partial charge on any atom is -0.429 e. The second-order valence-corrected chi connectivity index (χ2v) is 16.4. The predicted molar refractivity (Wildman–Crippen MR) is 198 cm³/mol. The van der Waals surface area contributed by atoms with Gasteiger partial charge in [-0.15, -0.1) is 31.9 Å². The first kappa shape index (κ1) is 27.3. The van der Waals surface area contributed by atoms with Crippen LogP contribution in [-0.2, 0) is 4.65 Å². The van der Waals surface area contributed by atoms with E-state index in [1.807, 2.05) is 22.7 Å². The number of hydrogen-bond donors (Lipinski definition) is 0. The molecule has 0 saturated carbocycles. The lowest BCUT2D eigenvalue weighted by Crippen LogP contribution is -2.45. The third kappa shape index (κ3) is 4.50. The molecule has 8 aromatic rings. The van der Waals surface area contributed by atoms with E-state index in [4.69, 9.17) is 4.65 Å². The molecule has 0 aliphatic heterocycles. The van der Waals surface area contributed by atoms with Gasteiger partial charge in [0.05, 0.1) is 5.60 Å². The van der Waals surface area contributed by atoms with Crippen LogP contribution in [0.3, 0.4) is 0 Å². The molecule has 0 bridgehead atoms. The first-order chi connectivity index (χ1) is 20.7. The molecule has 1 unspecified atom stereocenters. The Hall–Kier alpha value is -3.27.